The van der Waals surface area contributed by atoms with E-state index in [1.807, 2.05) is 4.57 Å². The molecule has 0 bridgehead atoms. The molecular formula is C12H14N6OS2. The Kier molecular flexibility index (Phi) is 3.77. The Hall–Kier alpha value is -1.74. The molecule has 21 heavy (non-hydrogen) atoms. The summed E-state index contributed by atoms with van der Waals surface area (Å²) in [6, 6.07) is 1.80. The summed E-state index contributed by atoms with van der Waals surface area (Å²) in [5.41, 5.74) is 0.567. The van der Waals surface area contributed by atoms with Crippen molar-refractivity contribution in [2.75, 3.05) is 0 Å². The van der Waals surface area contributed by atoms with Crippen LogP contribution in [0.4, 0.5) is 0 Å². The van der Waals surface area contributed by atoms with Gasteiger partial charge in [0.2, 0.25) is 4.96 Å². The molecule has 3 heterocycles. The Labute approximate surface area is 129 Å². The number of aryl methyl sites for hydroxylation is 1. The molecule has 3 rings (SSSR count). The first-order valence-electron chi connectivity index (χ1n) is 6.43. The van der Waals surface area contributed by atoms with Crippen LogP contribution in [-0.4, -0.2) is 29.4 Å². The highest BCUT2D eigenvalue weighted by Gasteiger charge is 2.11. The average molecular weight is 322 g/mol. The van der Waals surface area contributed by atoms with E-state index in [9.17, 15) is 4.79 Å². The van der Waals surface area contributed by atoms with Gasteiger partial charge in [-0.3, -0.25) is 4.79 Å². The molecule has 0 unspecified atom stereocenters. The first-order valence-corrected chi connectivity index (χ1v) is 8.23. The minimum Gasteiger partial charge on any atom is -0.306 e. The minimum absolute atomic E-state index is 0.143. The molecule has 3 aromatic rings. The fourth-order valence-electron chi connectivity index (χ4n) is 1.83. The summed E-state index contributed by atoms with van der Waals surface area (Å²) in [6.45, 7) is 5.97. The van der Waals surface area contributed by atoms with Crippen LogP contribution in [0.1, 0.15) is 30.6 Å². The molecule has 110 valence electrons. The number of aromatic nitrogens is 6. The molecule has 0 amide bonds. The maximum absolute atomic E-state index is 11.8. The van der Waals surface area contributed by atoms with Crippen molar-refractivity contribution in [3.63, 3.8) is 0 Å². The van der Waals surface area contributed by atoms with Crippen LogP contribution in [0.15, 0.2) is 22.3 Å². The van der Waals surface area contributed by atoms with Crippen LogP contribution in [0.2, 0.25) is 0 Å². The highest BCUT2D eigenvalue weighted by atomic mass is 32.2. The SMILES string of the molecule is Cc1cc(=O)n2nc(CSc3nncn3C(C)C)sc2n1. The average Bonchev–Trinajstić information content (AvgIpc) is 3.01. The fraction of sp³-hybridized carbons (Fsp3) is 0.417. The van der Waals surface area contributed by atoms with E-state index in [0.717, 1.165) is 10.2 Å². The third kappa shape index (κ3) is 2.84. The van der Waals surface area contributed by atoms with Gasteiger partial charge in [-0.2, -0.15) is 9.61 Å². The number of fused-ring (bicyclic) bond motifs is 1. The Morgan fingerprint density at radius 3 is 3.00 bits per heavy atom. The van der Waals surface area contributed by atoms with E-state index in [0.29, 0.717) is 22.4 Å². The van der Waals surface area contributed by atoms with Gasteiger partial charge >= 0.3 is 0 Å². The monoisotopic (exact) mass is 322 g/mol. The van der Waals surface area contributed by atoms with Crippen LogP contribution < -0.4 is 5.56 Å². The Bertz CT molecular complexity index is 834. The Morgan fingerprint density at radius 1 is 1.43 bits per heavy atom. The second-order valence-corrected chi connectivity index (χ2v) is 6.81. The predicted molar refractivity (Wildman–Crippen MR) is 81.8 cm³/mol. The van der Waals surface area contributed by atoms with Gasteiger partial charge in [-0.15, -0.1) is 10.2 Å². The van der Waals surface area contributed by atoms with Crippen molar-refractivity contribution in [2.24, 2.45) is 0 Å². The van der Waals surface area contributed by atoms with Crippen LogP contribution in [0, 0.1) is 6.92 Å². The molecule has 0 aromatic carbocycles. The first kappa shape index (κ1) is 14.2. The molecule has 0 radical (unpaired) electrons. The summed E-state index contributed by atoms with van der Waals surface area (Å²) >= 11 is 2.98. The molecule has 0 atom stereocenters. The molecule has 0 spiro atoms. The largest absolute Gasteiger partial charge is 0.306 e. The van der Waals surface area contributed by atoms with Crippen molar-refractivity contribution < 1.29 is 0 Å². The number of hydrogen-bond acceptors (Lipinski definition) is 7. The third-order valence-electron chi connectivity index (χ3n) is 2.84. The fourth-order valence-corrected chi connectivity index (χ4v) is 3.81. The van der Waals surface area contributed by atoms with Gasteiger partial charge in [0.25, 0.3) is 5.56 Å². The van der Waals surface area contributed by atoms with Crippen molar-refractivity contribution in [2.45, 2.75) is 37.7 Å². The summed E-state index contributed by atoms with van der Waals surface area (Å²) in [7, 11) is 0. The highest BCUT2D eigenvalue weighted by molar-refractivity contribution is 7.98. The van der Waals surface area contributed by atoms with E-state index < -0.39 is 0 Å². The molecular weight excluding hydrogens is 308 g/mol. The van der Waals surface area contributed by atoms with Gasteiger partial charge in [0, 0.05) is 17.8 Å². The summed E-state index contributed by atoms with van der Waals surface area (Å²) in [5.74, 6) is 0.637. The number of nitrogens with zero attached hydrogens (tertiary/aromatic N) is 6. The minimum atomic E-state index is -0.143. The highest BCUT2D eigenvalue weighted by Crippen LogP contribution is 2.24. The Morgan fingerprint density at radius 2 is 2.24 bits per heavy atom. The van der Waals surface area contributed by atoms with Crippen LogP contribution in [-0.2, 0) is 5.75 Å². The van der Waals surface area contributed by atoms with Crippen LogP contribution >= 0.6 is 23.1 Å². The summed E-state index contributed by atoms with van der Waals surface area (Å²) < 4.78 is 3.35. The van der Waals surface area contributed by atoms with Gasteiger partial charge in [0.15, 0.2) is 5.16 Å². The van der Waals surface area contributed by atoms with E-state index in [1.165, 1.54) is 21.9 Å². The third-order valence-corrected chi connectivity index (χ3v) is 4.90. The molecule has 3 aromatic heterocycles. The topological polar surface area (TPSA) is 78.0 Å². The lowest BCUT2D eigenvalue weighted by molar-refractivity contribution is 0.549. The van der Waals surface area contributed by atoms with Crippen LogP contribution in [0.3, 0.4) is 0 Å². The summed E-state index contributed by atoms with van der Waals surface area (Å²) in [4.78, 5) is 16.8. The van der Waals surface area contributed by atoms with Crippen LogP contribution in [0.25, 0.3) is 4.96 Å². The molecule has 0 aliphatic carbocycles. The molecule has 9 heteroatoms. The van der Waals surface area contributed by atoms with Crippen molar-refractivity contribution in [3.05, 3.63) is 33.4 Å². The van der Waals surface area contributed by atoms with Gasteiger partial charge < -0.3 is 4.57 Å². The standard InChI is InChI=1S/C12H14N6OS2/c1-7(2)17-6-13-15-12(17)20-5-9-16-18-10(19)4-8(3)14-11(18)21-9/h4,6-7H,5H2,1-3H3. The zero-order valence-corrected chi connectivity index (χ0v) is 13.5. The maximum atomic E-state index is 11.8. The number of hydrogen-bond donors (Lipinski definition) is 0. The second kappa shape index (κ2) is 5.57. The van der Waals surface area contributed by atoms with Crippen molar-refractivity contribution in [3.8, 4) is 0 Å². The zero-order valence-electron chi connectivity index (χ0n) is 11.8. The van der Waals surface area contributed by atoms with E-state index in [4.69, 9.17) is 0 Å². The molecule has 0 aliphatic rings. The number of thioether (sulfide) groups is 1. The molecule has 7 nitrogen and oxygen atoms in total. The zero-order chi connectivity index (χ0) is 15.0. The van der Waals surface area contributed by atoms with Crippen molar-refractivity contribution in [1.29, 1.82) is 0 Å². The van der Waals surface area contributed by atoms with Gasteiger partial charge in [-0.25, -0.2) is 4.98 Å². The van der Waals surface area contributed by atoms with Crippen LogP contribution in [0.5, 0.6) is 0 Å². The van der Waals surface area contributed by atoms with Gasteiger partial charge in [-0.1, -0.05) is 23.1 Å². The number of rotatable bonds is 4. The second-order valence-electron chi connectivity index (χ2n) is 4.83. The van der Waals surface area contributed by atoms with E-state index >= 15 is 0 Å². The lowest BCUT2D eigenvalue weighted by atomic mass is 10.4. The maximum Gasteiger partial charge on any atom is 0.275 e. The molecule has 0 saturated carbocycles. The molecule has 0 N–H and O–H groups in total. The van der Waals surface area contributed by atoms with Gasteiger partial charge in [0.05, 0.1) is 5.75 Å². The van der Waals surface area contributed by atoms with Crippen molar-refractivity contribution >= 4 is 28.1 Å². The molecule has 0 saturated heterocycles. The lowest BCUT2D eigenvalue weighted by Gasteiger charge is -2.08. The molecule has 0 aliphatic heterocycles. The van der Waals surface area contributed by atoms with E-state index in [1.54, 1.807) is 25.0 Å². The van der Waals surface area contributed by atoms with E-state index in [2.05, 4.69) is 34.1 Å². The summed E-state index contributed by atoms with van der Waals surface area (Å²) in [6.07, 6.45) is 1.72. The Balaban J connectivity index is 1.84. The predicted octanol–water partition coefficient (Wildman–Crippen LogP) is 1.92. The van der Waals surface area contributed by atoms with Gasteiger partial charge in [0.1, 0.15) is 11.3 Å². The van der Waals surface area contributed by atoms with Crippen molar-refractivity contribution in [1.82, 2.24) is 29.4 Å². The first-order chi connectivity index (χ1) is 10.0. The molecule has 0 fully saturated rings. The smallest absolute Gasteiger partial charge is 0.275 e. The lowest BCUT2D eigenvalue weighted by Crippen LogP contribution is -2.14. The van der Waals surface area contributed by atoms with Gasteiger partial charge in [-0.05, 0) is 20.8 Å². The van der Waals surface area contributed by atoms with E-state index in [-0.39, 0.29) is 5.56 Å². The summed E-state index contributed by atoms with van der Waals surface area (Å²) in [5, 5.41) is 14.0. The normalized spacial score (nSPS) is 11.6. The quantitative estimate of drug-likeness (QED) is 0.683.